The monoisotopic (exact) mass is 434 g/mol. The van der Waals surface area contributed by atoms with Crippen LogP contribution in [0, 0.1) is 6.92 Å². The Morgan fingerprint density at radius 2 is 1.70 bits per heavy atom. The van der Waals surface area contributed by atoms with Gasteiger partial charge in [-0.3, -0.25) is 4.18 Å². The van der Waals surface area contributed by atoms with E-state index in [1.54, 1.807) is 26.0 Å². The second kappa shape index (κ2) is 8.37. The number of aryl methyl sites for hydroxylation is 1. The third kappa shape index (κ3) is 4.74. The van der Waals surface area contributed by atoms with Crippen molar-refractivity contribution in [3.63, 3.8) is 0 Å². The van der Waals surface area contributed by atoms with E-state index in [-0.39, 0.29) is 11.5 Å². The van der Waals surface area contributed by atoms with E-state index < -0.39 is 40.5 Å². The maximum absolute atomic E-state index is 12.6. The molecule has 2 saturated heterocycles. The Balaban J connectivity index is 1.45. The van der Waals surface area contributed by atoms with Crippen LogP contribution >= 0.6 is 0 Å². The Morgan fingerprint density at radius 1 is 1.00 bits per heavy atom. The summed E-state index contributed by atoms with van der Waals surface area (Å²) in [5, 5.41) is 0. The summed E-state index contributed by atoms with van der Waals surface area (Å²) in [6.07, 6.45) is -2.30. The molecule has 2 heterocycles. The van der Waals surface area contributed by atoms with Gasteiger partial charge >= 0.3 is 0 Å². The largest absolute Gasteiger partial charge is 0.368 e. The van der Waals surface area contributed by atoms with Crippen molar-refractivity contribution in [2.24, 2.45) is 0 Å². The normalized spacial score (nSPS) is 27.8. The first-order valence-electron chi connectivity index (χ1n) is 9.86. The molecule has 2 aromatic rings. The average Bonchev–Trinajstić information content (AvgIpc) is 3.17. The lowest BCUT2D eigenvalue weighted by Crippen LogP contribution is -2.39. The highest BCUT2D eigenvalue weighted by atomic mass is 32.2. The number of benzene rings is 2. The third-order valence-electron chi connectivity index (χ3n) is 5.07. The van der Waals surface area contributed by atoms with Crippen LogP contribution in [-0.2, 0) is 39.9 Å². The van der Waals surface area contributed by atoms with Crippen molar-refractivity contribution in [3.8, 4) is 0 Å². The standard InChI is InChI=1S/C22H26O7S/c1-15-9-11-17(12-10-15)30(23,24)26-14-18-19(25-13-16-7-5-4-6-8-16)20-21(27-18)29-22(2,3)28-20/h4-12,18-21H,13-14H2,1-3H3/t18-,19+,20-,21-/m1/s1. The predicted molar refractivity (Wildman–Crippen MR) is 108 cm³/mol. The third-order valence-corrected chi connectivity index (χ3v) is 6.37. The molecule has 0 radical (unpaired) electrons. The Hall–Kier alpha value is -1.81. The SMILES string of the molecule is Cc1ccc(S(=O)(=O)OC[C@H]2O[C@@H]3OC(C)(C)O[C@@H]3[C@H]2OCc2ccccc2)cc1. The summed E-state index contributed by atoms with van der Waals surface area (Å²) < 4.78 is 54.1. The Bertz CT molecular complexity index is 957. The summed E-state index contributed by atoms with van der Waals surface area (Å²) in [5.41, 5.74) is 1.96. The Morgan fingerprint density at radius 3 is 2.40 bits per heavy atom. The van der Waals surface area contributed by atoms with E-state index in [1.165, 1.54) is 12.1 Å². The lowest BCUT2D eigenvalue weighted by Gasteiger charge is -2.25. The maximum atomic E-state index is 12.6. The first kappa shape index (κ1) is 21.4. The van der Waals surface area contributed by atoms with Crippen LogP contribution in [-0.4, -0.2) is 45.4 Å². The van der Waals surface area contributed by atoms with Crippen molar-refractivity contribution in [1.29, 1.82) is 0 Å². The molecular formula is C22H26O7S. The molecule has 0 amide bonds. The van der Waals surface area contributed by atoms with E-state index >= 15 is 0 Å². The maximum Gasteiger partial charge on any atom is 0.297 e. The topological polar surface area (TPSA) is 80.3 Å². The molecule has 0 aliphatic carbocycles. The van der Waals surface area contributed by atoms with Crippen molar-refractivity contribution in [1.82, 2.24) is 0 Å². The summed E-state index contributed by atoms with van der Waals surface area (Å²) in [6.45, 7) is 5.63. The van der Waals surface area contributed by atoms with Crippen LogP contribution in [0.2, 0.25) is 0 Å². The van der Waals surface area contributed by atoms with Gasteiger partial charge in [-0.05, 0) is 38.5 Å². The van der Waals surface area contributed by atoms with Gasteiger partial charge in [0.1, 0.15) is 18.3 Å². The molecule has 0 bridgehead atoms. The van der Waals surface area contributed by atoms with Crippen molar-refractivity contribution >= 4 is 10.1 Å². The van der Waals surface area contributed by atoms with Gasteiger partial charge in [-0.2, -0.15) is 8.42 Å². The molecule has 162 valence electrons. The second-order valence-electron chi connectivity index (χ2n) is 7.96. The smallest absolute Gasteiger partial charge is 0.297 e. The highest BCUT2D eigenvalue weighted by Crippen LogP contribution is 2.39. The molecule has 2 aromatic carbocycles. The fraction of sp³-hybridized carbons (Fsp3) is 0.455. The van der Waals surface area contributed by atoms with Gasteiger partial charge in [0.05, 0.1) is 18.1 Å². The van der Waals surface area contributed by atoms with Gasteiger partial charge in [-0.1, -0.05) is 48.0 Å². The molecule has 7 nitrogen and oxygen atoms in total. The molecule has 0 spiro atoms. The molecular weight excluding hydrogens is 408 g/mol. The molecule has 0 aromatic heterocycles. The first-order valence-corrected chi connectivity index (χ1v) is 11.3. The number of fused-ring (bicyclic) bond motifs is 1. The molecule has 2 aliphatic rings. The van der Waals surface area contributed by atoms with Crippen LogP contribution in [0.25, 0.3) is 0 Å². The van der Waals surface area contributed by atoms with E-state index in [9.17, 15) is 8.42 Å². The highest BCUT2D eigenvalue weighted by Gasteiger charge is 2.55. The van der Waals surface area contributed by atoms with Crippen LogP contribution in [0.5, 0.6) is 0 Å². The molecule has 0 unspecified atom stereocenters. The predicted octanol–water partition coefficient (Wildman–Crippen LogP) is 3.16. The summed E-state index contributed by atoms with van der Waals surface area (Å²) in [4.78, 5) is 0.0988. The van der Waals surface area contributed by atoms with Crippen molar-refractivity contribution < 1.29 is 31.5 Å². The van der Waals surface area contributed by atoms with Crippen LogP contribution in [0.3, 0.4) is 0 Å². The zero-order chi connectivity index (χ0) is 21.4. The van der Waals surface area contributed by atoms with Crippen LogP contribution in [0.4, 0.5) is 0 Å². The van der Waals surface area contributed by atoms with Gasteiger partial charge in [0.2, 0.25) is 0 Å². The van der Waals surface area contributed by atoms with Crippen LogP contribution in [0.15, 0.2) is 59.5 Å². The van der Waals surface area contributed by atoms with E-state index in [4.69, 9.17) is 23.1 Å². The zero-order valence-corrected chi connectivity index (χ0v) is 18.0. The molecule has 8 heteroatoms. The molecule has 4 rings (SSSR count). The van der Waals surface area contributed by atoms with Gasteiger partial charge in [-0.25, -0.2) is 0 Å². The molecule has 2 fully saturated rings. The van der Waals surface area contributed by atoms with E-state index in [2.05, 4.69) is 0 Å². The lowest BCUT2D eigenvalue weighted by atomic mass is 10.1. The summed E-state index contributed by atoms with van der Waals surface area (Å²) in [5.74, 6) is -0.802. The number of rotatable bonds is 7. The highest BCUT2D eigenvalue weighted by molar-refractivity contribution is 7.86. The Kier molecular flexibility index (Phi) is 5.98. The number of hydrogen-bond donors (Lipinski definition) is 0. The van der Waals surface area contributed by atoms with Crippen molar-refractivity contribution in [2.75, 3.05) is 6.61 Å². The average molecular weight is 435 g/mol. The minimum Gasteiger partial charge on any atom is -0.368 e. The quantitative estimate of drug-likeness (QED) is 0.619. The first-order chi connectivity index (χ1) is 14.2. The van der Waals surface area contributed by atoms with Gasteiger partial charge in [-0.15, -0.1) is 0 Å². The minimum atomic E-state index is -3.92. The molecule has 0 saturated carbocycles. The summed E-state index contributed by atoms with van der Waals surface area (Å²) in [6, 6.07) is 16.2. The molecule has 4 atom stereocenters. The van der Waals surface area contributed by atoms with Crippen molar-refractivity contribution in [2.45, 2.75) is 62.7 Å². The number of hydrogen-bond acceptors (Lipinski definition) is 7. The fourth-order valence-electron chi connectivity index (χ4n) is 3.58. The van der Waals surface area contributed by atoms with Gasteiger partial charge in [0, 0.05) is 0 Å². The summed E-state index contributed by atoms with van der Waals surface area (Å²) in [7, 11) is -3.92. The van der Waals surface area contributed by atoms with Gasteiger partial charge in [0.15, 0.2) is 12.1 Å². The molecule has 2 aliphatic heterocycles. The van der Waals surface area contributed by atoms with E-state index in [0.29, 0.717) is 6.61 Å². The minimum absolute atomic E-state index is 0.0988. The van der Waals surface area contributed by atoms with E-state index in [0.717, 1.165) is 11.1 Å². The van der Waals surface area contributed by atoms with E-state index in [1.807, 2.05) is 37.3 Å². The lowest BCUT2D eigenvalue weighted by molar-refractivity contribution is -0.221. The van der Waals surface area contributed by atoms with Crippen LogP contribution < -0.4 is 0 Å². The van der Waals surface area contributed by atoms with Crippen LogP contribution in [0.1, 0.15) is 25.0 Å². The van der Waals surface area contributed by atoms with Crippen molar-refractivity contribution in [3.05, 3.63) is 65.7 Å². The summed E-state index contributed by atoms with van der Waals surface area (Å²) >= 11 is 0. The fourth-order valence-corrected chi connectivity index (χ4v) is 4.50. The molecule has 30 heavy (non-hydrogen) atoms. The second-order valence-corrected chi connectivity index (χ2v) is 9.57. The van der Waals surface area contributed by atoms with Gasteiger partial charge in [0.25, 0.3) is 10.1 Å². The zero-order valence-electron chi connectivity index (χ0n) is 17.2. The Labute approximate surface area is 177 Å². The molecule has 0 N–H and O–H groups in total. The number of ether oxygens (including phenoxy) is 4. The van der Waals surface area contributed by atoms with Gasteiger partial charge < -0.3 is 18.9 Å².